The number of likely N-dealkylation sites (tertiary alicyclic amines) is 1. The number of nitrogens with one attached hydrogen (secondary N) is 3. The second-order valence-electron chi connectivity index (χ2n) is 9.67. The summed E-state index contributed by atoms with van der Waals surface area (Å²) >= 11 is 0. The Balaban J connectivity index is 2.13. The number of carbonyl (C=O) groups is 5. The van der Waals surface area contributed by atoms with E-state index in [9.17, 15) is 24.0 Å². The summed E-state index contributed by atoms with van der Waals surface area (Å²) in [5.41, 5.74) is 1.36. The Morgan fingerprint density at radius 1 is 1.08 bits per heavy atom. The summed E-state index contributed by atoms with van der Waals surface area (Å²) in [5, 5.41) is 8.62. The molecule has 1 aromatic carbocycles. The largest absolute Gasteiger partial charge is 0.350 e. The van der Waals surface area contributed by atoms with E-state index >= 15 is 0 Å². The van der Waals surface area contributed by atoms with Gasteiger partial charge in [0, 0.05) is 12.6 Å². The molecule has 1 heterocycles. The molecule has 198 valence electrons. The van der Waals surface area contributed by atoms with Gasteiger partial charge < -0.3 is 20.9 Å². The molecule has 3 N–H and O–H groups in total. The molecule has 0 saturated carbocycles. The third-order valence-corrected chi connectivity index (χ3v) is 6.81. The van der Waals surface area contributed by atoms with E-state index in [0.717, 1.165) is 5.56 Å². The zero-order valence-electron chi connectivity index (χ0n) is 22.2. The van der Waals surface area contributed by atoms with Crippen LogP contribution in [0.3, 0.4) is 0 Å². The van der Waals surface area contributed by atoms with Gasteiger partial charge >= 0.3 is 0 Å². The van der Waals surface area contributed by atoms with Crippen LogP contribution in [0, 0.1) is 0 Å². The number of benzene rings is 1. The Labute approximate surface area is 213 Å². The van der Waals surface area contributed by atoms with E-state index in [1.807, 2.05) is 19.9 Å². The molecule has 0 aromatic heterocycles. The van der Waals surface area contributed by atoms with Crippen LogP contribution in [0.2, 0.25) is 0 Å². The molecule has 1 aromatic rings. The SMILES string of the molecule is CCC[C@H](NC(=O)[C@H](C)NC)C(=O)N1[C@@H](C)CC[C@H]1C(=O)NCc1cccc(C(C(C)=O)C(C)=O)c1. The normalized spacial score (nSPS) is 19.0. The maximum atomic E-state index is 13.5. The molecule has 1 saturated heterocycles. The molecule has 1 aliphatic rings. The van der Waals surface area contributed by atoms with Crippen molar-refractivity contribution >= 4 is 29.3 Å². The van der Waals surface area contributed by atoms with Gasteiger partial charge in [0.1, 0.15) is 29.6 Å². The van der Waals surface area contributed by atoms with Crippen LogP contribution in [0.15, 0.2) is 24.3 Å². The van der Waals surface area contributed by atoms with Crippen LogP contribution in [0.25, 0.3) is 0 Å². The fraction of sp³-hybridized carbons (Fsp3) is 0.593. The minimum Gasteiger partial charge on any atom is -0.350 e. The molecule has 9 nitrogen and oxygen atoms in total. The monoisotopic (exact) mass is 500 g/mol. The van der Waals surface area contributed by atoms with Crippen molar-refractivity contribution in [2.45, 2.75) is 96.9 Å². The molecule has 4 atom stereocenters. The van der Waals surface area contributed by atoms with Crippen LogP contribution < -0.4 is 16.0 Å². The molecular formula is C27H40N4O5. The minimum absolute atomic E-state index is 0.124. The molecule has 0 radical (unpaired) electrons. The van der Waals surface area contributed by atoms with Gasteiger partial charge in [0.05, 0.1) is 6.04 Å². The summed E-state index contributed by atoms with van der Waals surface area (Å²) in [6, 6.07) is 5.18. The molecule has 9 heteroatoms. The Morgan fingerprint density at radius 2 is 1.75 bits per heavy atom. The average molecular weight is 501 g/mol. The van der Waals surface area contributed by atoms with Crippen molar-refractivity contribution in [3.63, 3.8) is 0 Å². The Kier molecular flexibility index (Phi) is 10.8. The summed E-state index contributed by atoms with van der Waals surface area (Å²) in [5.74, 6) is -2.04. The molecule has 1 fully saturated rings. The molecule has 0 aliphatic carbocycles. The lowest BCUT2D eigenvalue weighted by Gasteiger charge is -2.32. The standard InChI is InChI=1S/C27H40N4O5/c1-7-9-22(30-25(34)17(3)28-6)27(36)31-16(2)12-13-23(31)26(35)29-15-20-10-8-11-21(14-20)24(18(4)32)19(5)33/h8,10-11,14,16-17,22-24,28H,7,9,12-13,15H2,1-6H3,(H,29,35)(H,30,34)/t16-,17-,22-,23-/m0/s1. The Morgan fingerprint density at radius 3 is 2.33 bits per heavy atom. The van der Waals surface area contributed by atoms with Crippen LogP contribution in [0.1, 0.15) is 77.3 Å². The van der Waals surface area contributed by atoms with Crippen LogP contribution in [-0.2, 0) is 30.5 Å². The first-order valence-corrected chi connectivity index (χ1v) is 12.7. The number of rotatable bonds is 12. The smallest absolute Gasteiger partial charge is 0.246 e. The molecule has 0 spiro atoms. The molecule has 0 unspecified atom stereocenters. The highest BCUT2D eigenvalue weighted by molar-refractivity contribution is 6.05. The number of hydrogen-bond donors (Lipinski definition) is 3. The van der Waals surface area contributed by atoms with Crippen LogP contribution in [-0.4, -0.2) is 65.4 Å². The van der Waals surface area contributed by atoms with Gasteiger partial charge in [-0.05, 0) is 65.1 Å². The predicted octanol–water partition coefficient (Wildman–Crippen LogP) is 1.84. The van der Waals surface area contributed by atoms with Crippen molar-refractivity contribution in [1.82, 2.24) is 20.9 Å². The van der Waals surface area contributed by atoms with Gasteiger partial charge in [-0.1, -0.05) is 37.6 Å². The highest BCUT2D eigenvalue weighted by Crippen LogP contribution is 2.26. The van der Waals surface area contributed by atoms with E-state index in [2.05, 4.69) is 16.0 Å². The number of hydrogen-bond acceptors (Lipinski definition) is 6. The summed E-state index contributed by atoms with van der Waals surface area (Å²) in [6.45, 7) is 8.57. The molecule has 2 rings (SSSR count). The number of Topliss-reactive ketones (excluding diaryl/α,β-unsaturated/α-hetero) is 2. The van der Waals surface area contributed by atoms with Gasteiger partial charge in [-0.25, -0.2) is 0 Å². The lowest BCUT2D eigenvalue weighted by Crippen LogP contribution is -2.56. The number of carbonyl (C=O) groups excluding carboxylic acids is 5. The second-order valence-corrected chi connectivity index (χ2v) is 9.67. The predicted molar refractivity (Wildman–Crippen MR) is 137 cm³/mol. The summed E-state index contributed by atoms with van der Waals surface area (Å²) in [6.07, 6.45) is 2.42. The second kappa shape index (κ2) is 13.3. The van der Waals surface area contributed by atoms with Crippen molar-refractivity contribution in [3.05, 3.63) is 35.4 Å². The highest BCUT2D eigenvalue weighted by Gasteiger charge is 2.41. The van der Waals surface area contributed by atoms with E-state index in [4.69, 9.17) is 0 Å². The van der Waals surface area contributed by atoms with E-state index in [1.54, 1.807) is 37.1 Å². The van der Waals surface area contributed by atoms with E-state index in [1.165, 1.54) is 13.8 Å². The molecule has 3 amide bonds. The van der Waals surface area contributed by atoms with Crippen LogP contribution in [0.4, 0.5) is 0 Å². The number of nitrogens with zero attached hydrogens (tertiary/aromatic N) is 1. The Bertz CT molecular complexity index is 965. The molecule has 1 aliphatic heterocycles. The zero-order chi connectivity index (χ0) is 27.0. The van der Waals surface area contributed by atoms with Crippen molar-refractivity contribution in [2.24, 2.45) is 0 Å². The van der Waals surface area contributed by atoms with Gasteiger partial charge in [0.25, 0.3) is 0 Å². The number of ketones is 2. The minimum atomic E-state index is -0.819. The molecular weight excluding hydrogens is 460 g/mol. The van der Waals surface area contributed by atoms with Crippen LogP contribution in [0.5, 0.6) is 0 Å². The lowest BCUT2D eigenvalue weighted by molar-refractivity contribution is -0.143. The van der Waals surface area contributed by atoms with Crippen molar-refractivity contribution < 1.29 is 24.0 Å². The Hall–Kier alpha value is -3.07. The first-order chi connectivity index (χ1) is 17.0. The molecule has 0 bridgehead atoms. The quantitative estimate of drug-likeness (QED) is 0.376. The average Bonchev–Trinajstić information content (AvgIpc) is 3.22. The highest BCUT2D eigenvalue weighted by atomic mass is 16.2. The summed E-state index contributed by atoms with van der Waals surface area (Å²) < 4.78 is 0. The fourth-order valence-electron chi connectivity index (χ4n) is 4.71. The first-order valence-electron chi connectivity index (χ1n) is 12.7. The summed E-state index contributed by atoms with van der Waals surface area (Å²) in [4.78, 5) is 64.5. The molecule has 36 heavy (non-hydrogen) atoms. The van der Waals surface area contributed by atoms with Crippen molar-refractivity contribution in [1.29, 1.82) is 0 Å². The zero-order valence-corrected chi connectivity index (χ0v) is 22.2. The van der Waals surface area contributed by atoms with E-state index < -0.39 is 24.0 Å². The van der Waals surface area contributed by atoms with E-state index in [-0.39, 0.29) is 41.9 Å². The van der Waals surface area contributed by atoms with Crippen LogP contribution >= 0.6 is 0 Å². The third-order valence-electron chi connectivity index (χ3n) is 6.81. The van der Waals surface area contributed by atoms with Gasteiger partial charge in [0.15, 0.2) is 0 Å². The maximum Gasteiger partial charge on any atom is 0.246 e. The first kappa shape index (κ1) is 29.2. The van der Waals surface area contributed by atoms with Gasteiger partial charge in [-0.15, -0.1) is 0 Å². The fourth-order valence-corrected chi connectivity index (χ4v) is 4.71. The lowest BCUT2D eigenvalue weighted by atomic mass is 9.91. The third kappa shape index (κ3) is 7.22. The van der Waals surface area contributed by atoms with Crippen molar-refractivity contribution in [2.75, 3.05) is 7.05 Å². The van der Waals surface area contributed by atoms with Gasteiger partial charge in [0.2, 0.25) is 17.7 Å². The maximum absolute atomic E-state index is 13.5. The van der Waals surface area contributed by atoms with Crippen molar-refractivity contribution in [3.8, 4) is 0 Å². The van der Waals surface area contributed by atoms with Gasteiger partial charge in [-0.2, -0.15) is 0 Å². The van der Waals surface area contributed by atoms with Gasteiger partial charge in [-0.3, -0.25) is 24.0 Å². The number of amides is 3. The topological polar surface area (TPSA) is 125 Å². The number of likely N-dealkylation sites (N-methyl/N-ethyl adjacent to an activating group) is 1. The van der Waals surface area contributed by atoms with E-state index in [0.29, 0.717) is 31.2 Å². The summed E-state index contributed by atoms with van der Waals surface area (Å²) in [7, 11) is 1.68.